The zero-order chi connectivity index (χ0) is 34.7. The average Bonchev–Trinajstić information content (AvgIpc) is 3.10. The molecule has 0 atom stereocenters. The average molecular weight is 661 g/mol. The Bertz CT molecular complexity index is 1430. The molecule has 0 saturated heterocycles. The second kappa shape index (κ2) is 16.5. The quantitative estimate of drug-likeness (QED) is 0.174. The van der Waals surface area contributed by atoms with Crippen molar-refractivity contribution in [3.63, 3.8) is 0 Å². The summed E-state index contributed by atoms with van der Waals surface area (Å²) in [6.07, 6.45) is -1.31. The minimum absolute atomic E-state index is 0.0343. The molecule has 0 aliphatic rings. The third-order valence-electron chi connectivity index (χ3n) is 6.59. The van der Waals surface area contributed by atoms with Gasteiger partial charge in [-0.2, -0.15) is 0 Å². The van der Waals surface area contributed by atoms with Gasteiger partial charge >= 0.3 is 17.9 Å². The van der Waals surface area contributed by atoms with E-state index in [0.717, 1.165) is 0 Å². The Labute approximate surface area is 270 Å². The lowest BCUT2D eigenvalue weighted by Gasteiger charge is -2.20. The molecule has 0 aliphatic heterocycles. The van der Waals surface area contributed by atoms with E-state index in [2.05, 4.69) is 0 Å². The molecular formula is C32H36O15. The van der Waals surface area contributed by atoms with Crippen LogP contribution in [0.1, 0.15) is 31.1 Å². The predicted molar refractivity (Wildman–Crippen MR) is 163 cm³/mol. The molecule has 15 heteroatoms. The molecule has 0 heterocycles. The SMILES string of the molecule is COc1cc(C(=O)OC(COC(=O)c2cc(OC)c(OC)c(OC)c2)COC(=O)c2cc(OC)c(OC)c(OC)c2)cc(OC)c1O. The summed E-state index contributed by atoms with van der Waals surface area (Å²) in [6, 6.07) is 7.96. The molecule has 0 amide bonds. The molecule has 3 rings (SSSR count). The van der Waals surface area contributed by atoms with Gasteiger partial charge in [-0.05, 0) is 36.4 Å². The summed E-state index contributed by atoms with van der Waals surface area (Å²) in [6.45, 7) is -1.09. The van der Waals surface area contributed by atoms with Gasteiger partial charge in [0.25, 0.3) is 0 Å². The second-order valence-electron chi connectivity index (χ2n) is 9.28. The number of hydrogen-bond acceptors (Lipinski definition) is 15. The Morgan fingerprint density at radius 1 is 0.489 bits per heavy atom. The molecule has 0 fully saturated rings. The Hall–Kier alpha value is -5.73. The van der Waals surface area contributed by atoms with Crippen LogP contribution in [0.25, 0.3) is 0 Å². The summed E-state index contributed by atoms with van der Waals surface area (Å²) >= 11 is 0. The highest BCUT2D eigenvalue weighted by atomic mass is 16.6. The van der Waals surface area contributed by atoms with E-state index in [-0.39, 0.29) is 68.4 Å². The topological polar surface area (TPSA) is 173 Å². The minimum atomic E-state index is -1.31. The summed E-state index contributed by atoms with van der Waals surface area (Å²) in [5, 5.41) is 10.2. The van der Waals surface area contributed by atoms with E-state index in [1.807, 2.05) is 0 Å². The first-order valence-electron chi connectivity index (χ1n) is 13.7. The number of carbonyl (C=O) groups excluding carboxylic acids is 3. The monoisotopic (exact) mass is 660 g/mol. The van der Waals surface area contributed by atoms with Gasteiger partial charge in [0, 0.05) is 0 Å². The molecule has 254 valence electrons. The van der Waals surface area contributed by atoms with Crippen LogP contribution in [0.5, 0.6) is 51.7 Å². The smallest absolute Gasteiger partial charge is 0.338 e. The number of aromatic hydroxyl groups is 1. The molecule has 0 aliphatic carbocycles. The molecule has 3 aromatic rings. The van der Waals surface area contributed by atoms with Gasteiger partial charge in [-0.1, -0.05) is 0 Å². The molecule has 0 aromatic heterocycles. The van der Waals surface area contributed by atoms with Crippen LogP contribution in [0.4, 0.5) is 0 Å². The third kappa shape index (κ3) is 8.31. The molecule has 0 bridgehead atoms. The van der Waals surface area contributed by atoms with Crippen LogP contribution < -0.4 is 37.9 Å². The van der Waals surface area contributed by atoms with Crippen molar-refractivity contribution in [2.75, 3.05) is 70.1 Å². The fourth-order valence-electron chi connectivity index (χ4n) is 4.25. The Morgan fingerprint density at radius 2 is 0.787 bits per heavy atom. The van der Waals surface area contributed by atoms with Crippen molar-refractivity contribution in [1.29, 1.82) is 0 Å². The van der Waals surface area contributed by atoms with Gasteiger partial charge in [0.1, 0.15) is 13.2 Å². The van der Waals surface area contributed by atoms with Crippen molar-refractivity contribution < 1.29 is 71.6 Å². The highest BCUT2D eigenvalue weighted by Gasteiger charge is 2.26. The van der Waals surface area contributed by atoms with E-state index in [1.165, 1.54) is 93.3 Å². The molecule has 0 spiro atoms. The number of benzene rings is 3. The van der Waals surface area contributed by atoms with E-state index in [9.17, 15) is 19.5 Å². The van der Waals surface area contributed by atoms with Gasteiger partial charge in [0.2, 0.25) is 17.2 Å². The highest BCUT2D eigenvalue weighted by Crippen LogP contribution is 2.40. The molecule has 0 unspecified atom stereocenters. The van der Waals surface area contributed by atoms with Crippen LogP contribution in [0.2, 0.25) is 0 Å². The number of phenols is 1. The first kappa shape index (κ1) is 35.7. The number of methoxy groups -OCH3 is 8. The van der Waals surface area contributed by atoms with E-state index in [4.69, 9.17) is 52.1 Å². The zero-order valence-electron chi connectivity index (χ0n) is 27.1. The van der Waals surface area contributed by atoms with Gasteiger partial charge in [-0.15, -0.1) is 0 Å². The first-order chi connectivity index (χ1) is 22.6. The Morgan fingerprint density at radius 3 is 1.09 bits per heavy atom. The largest absolute Gasteiger partial charge is 0.502 e. The van der Waals surface area contributed by atoms with Crippen LogP contribution in [-0.4, -0.2) is 99.2 Å². The normalized spacial score (nSPS) is 10.4. The predicted octanol–water partition coefficient (Wildman–Crippen LogP) is 3.70. The lowest BCUT2D eigenvalue weighted by molar-refractivity contribution is -0.0254. The van der Waals surface area contributed by atoms with Crippen LogP contribution in [-0.2, 0) is 14.2 Å². The second-order valence-corrected chi connectivity index (χ2v) is 9.28. The first-order valence-corrected chi connectivity index (χ1v) is 13.7. The molecule has 15 nitrogen and oxygen atoms in total. The van der Waals surface area contributed by atoms with Crippen molar-refractivity contribution in [2.24, 2.45) is 0 Å². The Balaban J connectivity index is 1.89. The molecule has 3 aromatic carbocycles. The molecule has 0 radical (unpaired) electrons. The molecule has 47 heavy (non-hydrogen) atoms. The maximum atomic E-state index is 13.2. The third-order valence-corrected chi connectivity index (χ3v) is 6.59. The van der Waals surface area contributed by atoms with Crippen LogP contribution in [0, 0.1) is 0 Å². The lowest BCUT2D eigenvalue weighted by atomic mass is 10.1. The van der Waals surface area contributed by atoms with E-state index in [0.29, 0.717) is 0 Å². The fraction of sp³-hybridized carbons (Fsp3) is 0.344. The van der Waals surface area contributed by atoms with Crippen molar-refractivity contribution in [3.05, 3.63) is 53.1 Å². The summed E-state index contributed by atoms with van der Waals surface area (Å²) in [7, 11) is 10.9. The maximum Gasteiger partial charge on any atom is 0.338 e. The van der Waals surface area contributed by atoms with E-state index < -0.39 is 37.2 Å². The van der Waals surface area contributed by atoms with Gasteiger partial charge < -0.3 is 57.2 Å². The summed E-state index contributed by atoms with van der Waals surface area (Å²) in [5.74, 6) is -1.72. The van der Waals surface area contributed by atoms with Crippen LogP contribution in [0.3, 0.4) is 0 Å². The molecule has 1 N–H and O–H groups in total. The number of phenolic OH excluding ortho intramolecular Hbond substituents is 1. The summed E-state index contributed by atoms with van der Waals surface area (Å²) in [5.41, 5.74) is -0.00703. The van der Waals surface area contributed by atoms with Crippen molar-refractivity contribution in [2.45, 2.75) is 6.10 Å². The van der Waals surface area contributed by atoms with Crippen LogP contribution >= 0.6 is 0 Å². The Kier molecular flexibility index (Phi) is 12.6. The van der Waals surface area contributed by atoms with Gasteiger partial charge in [-0.25, -0.2) is 14.4 Å². The number of esters is 3. The van der Waals surface area contributed by atoms with Crippen molar-refractivity contribution >= 4 is 17.9 Å². The van der Waals surface area contributed by atoms with E-state index in [1.54, 1.807) is 0 Å². The highest BCUT2D eigenvalue weighted by molar-refractivity contribution is 5.93. The lowest BCUT2D eigenvalue weighted by Crippen LogP contribution is -2.31. The van der Waals surface area contributed by atoms with Crippen molar-refractivity contribution in [3.8, 4) is 51.7 Å². The summed E-state index contributed by atoms with van der Waals surface area (Å²) in [4.78, 5) is 39.4. The number of rotatable bonds is 16. The van der Waals surface area contributed by atoms with Crippen LogP contribution in [0.15, 0.2) is 36.4 Å². The maximum absolute atomic E-state index is 13.2. The number of ether oxygens (including phenoxy) is 11. The van der Waals surface area contributed by atoms with E-state index >= 15 is 0 Å². The molecule has 0 saturated carbocycles. The van der Waals surface area contributed by atoms with Gasteiger partial charge in [-0.3, -0.25) is 0 Å². The zero-order valence-corrected chi connectivity index (χ0v) is 27.1. The fourth-order valence-corrected chi connectivity index (χ4v) is 4.25. The number of carbonyl (C=O) groups is 3. The minimum Gasteiger partial charge on any atom is -0.502 e. The number of hydrogen-bond donors (Lipinski definition) is 1. The van der Waals surface area contributed by atoms with Gasteiger partial charge in [0.15, 0.2) is 40.6 Å². The summed E-state index contributed by atoms with van der Waals surface area (Å²) < 4.78 is 58.4. The molecular weight excluding hydrogens is 624 g/mol. The van der Waals surface area contributed by atoms with Crippen molar-refractivity contribution in [1.82, 2.24) is 0 Å². The standard InChI is InChI=1S/C32H36O15/c1-37-21-9-19(10-22(38-2)27(21)33)32(36)47-20(15-45-30(34)17-11-23(39-3)28(43-7)24(12-17)40-4)16-46-31(35)18-13-25(41-5)29(44-8)26(14-18)42-6/h9-14,20,33H,15-16H2,1-8H3. The van der Waals surface area contributed by atoms with Gasteiger partial charge in [0.05, 0.1) is 73.6 Å².